The first kappa shape index (κ1) is 12.9. The van der Waals surface area contributed by atoms with Crippen LogP contribution < -0.4 is 5.32 Å². The van der Waals surface area contributed by atoms with Crippen molar-refractivity contribution in [3.05, 3.63) is 16.4 Å². The predicted octanol–water partition coefficient (Wildman–Crippen LogP) is 2.70. The van der Waals surface area contributed by atoms with E-state index in [1.807, 2.05) is 7.05 Å². The van der Waals surface area contributed by atoms with Crippen LogP contribution in [0.25, 0.3) is 0 Å². The van der Waals surface area contributed by atoms with E-state index >= 15 is 0 Å². The summed E-state index contributed by atoms with van der Waals surface area (Å²) >= 11 is 6.29. The minimum atomic E-state index is 0.451. The van der Waals surface area contributed by atoms with Crippen molar-refractivity contribution in [2.24, 2.45) is 12.5 Å². The molecule has 0 atom stereocenters. The predicted molar refractivity (Wildman–Crippen MR) is 71.5 cm³/mol. The van der Waals surface area contributed by atoms with Crippen LogP contribution in [0.4, 0.5) is 0 Å². The van der Waals surface area contributed by atoms with Crippen LogP contribution in [0.2, 0.25) is 5.15 Å². The molecule has 0 unspecified atom stereocenters. The van der Waals surface area contributed by atoms with Gasteiger partial charge in [-0.25, -0.2) is 0 Å². The number of hydrogen-bond acceptors (Lipinski definition) is 2. The van der Waals surface area contributed by atoms with Crippen molar-refractivity contribution >= 4 is 11.6 Å². The molecule has 1 heterocycles. The molecule has 1 saturated carbocycles. The normalized spacial score (nSPS) is 17.4. The number of halogens is 1. The van der Waals surface area contributed by atoms with E-state index < -0.39 is 0 Å². The van der Waals surface area contributed by atoms with Crippen LogP contribution in [0.3, 0.4) is 0 Å². The van der Waals surface area contributed by atoms with Crippen LogP contribution in [0, 0.1) is 12.3 Å². The van der Waals surface area contributed by atoms with Crippen molar-refractivity contribution in [1.82, 2.24) is 15.1 Å². The largest absolute Gasteiger partial charge is 0.316 e. The van der Waals surface area contributed by atoms with Gasteiger partial charge in [0.1, 0.15) is 5.15 Å². The van der Waals surface area contributed by atoms with Gasteiger partial charge in [-0.3, -0.25) is 4.68 Å². The van der Waals surface area contributed by atoms with Crippen LogP contribution in [0.15, 0.2) is 0 Å². The van der Waals surface area contributed by atoms with Crippen LogP contribution in [0.5, 0.6) is 0 Å². The number of aromatic nitrogens is 2. The van der Waals surface area contributed by atoms with Crippen LogP contribution in [-0.2, 0) is 13.5 Å². The fourth-order valence-electron chi connectivity index (χ4n) is 2.37. The zero-order valence-corrected chi connectivity index (χ0v) is 11.8. The lowest BCUT2D eigenvalue weighted by Crippen LogP contribution is -2.26. The Balaban J connectivity index is 2.00. The lowest BCUT2D eigenvalue weighted by molar-refractivity contribution is 0.455. The second kappa shape index (κ2) is 4.99. The molecule has 1 aliphatic rings. The van der Waals surface area contributed by atoms with Gasteiger partial charge >= 0.3 is 0 Å². The number of nitrogens with one attached hydrogen (secondary N) is 1. The van der Waals surface area contributed by atoms with E-state index in [2.05, 4.69) is 24.3 Å². The highest BCUT2D eigenvalue weighted by molar-refractivity contribution is 6.30. The van der Waals surface area contributed by atoms with Crippen molar-refractivity contribution in [1.29, 1.82) is 0 Å². The first-order valence-corrected chi connectivity index (χ1v) is 6.84. The number of aryl methyl sites for hydroxylation is 2. The Morgan fingerprint density at radius 2 is 2.18 bits per heavy atom. The van der Waals surface area contributed by atoms with Crippen molar-refractivity contribution in [2.45, 2.75) is 39.5 Å². The Morgan fingerprint density at radius 1 is 1.47 bits per heavy atom. The van der Waals surface area contributed by atoms with E-state index in [4.69, 9.17) is 11.6 Å². The Bertz CT molecular complexity index is 394. The van der Waals surface area contributed by atoms with Crippen LogP contribution >= 0.6 is 11.6 Å². The minimum absolute atomic E-state index is 0.451. The maximum absolute atomic E-state index is 6.29. The molecule has 4 heteroatoms. The van der Waals surface area contributed by atoms with Gasteiger partial charge in [0.2, 0.25) is 0 Å². The molecule has 96 valence electrons. The Morgan fingerprint density at radius 3 is 2.65 bits per heavy atom. The molecular formula is C13H22ClN3. The third-order valence-electron chi connectivity index (χ3n) is 3.71. The second-order valence-corrected chi connectivity index (χ2v) is 5.69. The molecule has 1 aromatic heterocycles. The molecule has 17 heavy (non-hydrogen) atoms. The molecule has 0 bridgehead atoms. The number of rotatable bonds is 6. The van der Waals surface area contributed by atoms with Gasteiger partial charge in [0.05, 0.1) is 5.69 Å². The smallest absolute Gasteiger partial charge is 0.130 e. The van der Waals surface area contributed by atoms with Gasteiger partial charge in [0.25, 0.3) is 0 Å². The summed E-state index contributed by atoms with van der Waals surface area (Å²) in [5.41, 5.74) is 2.77. The van der Waals surface area contributed by atoms with Gasteiger partial charge in [-0.05, 0) is 44.6 Å². The van der Waals surface area contributed by atoms with E-state index in [0.717, 1.165) is 30.4 Å². The van der Waals surface area contributed by atoms with Crippen molar-refractivity contribution in [2.75, 3.05) is 13.1 Å². The second-order valence-electron chi connectivity index (χ2n) is 5.33. The molecule has 0 radical (unpaired) electrons. The van der Waals surface area contributed by atoms with E-state index in [1.54, 1.807) is 4.68 Å². The molecule has 0 aliphatic heterocycles. The monoisotopic (exact) mass is 255 g/mol. The van der Waals surface area contributed by atoms with Crippen LogP contribution in [-0.4, -0.2) is 22.9 Å². The quantitative estimate of drug-likeness (QED) is 0.793. The molecule has 0 aromatic carbocycles. The fraction of sp³-hybridized carbons (Fsp3) is 0.769. The third kappa shape index (κ3) is 2.83. The van der Waals surface area contributed by atoms with Crippen molar-refractivity contribution in [3.8, 4) is 0 Å². The molecular weight excluding hydrogens is 234 g/mol. The summed E-state index contributed by atoms with van der Waals surface area (Å²) in [5, 5.41) is 8.73. The summed E-state index contributed by atoms with van der Waals surface area (Å²) in [6.45, 7) is 6.48. The van der Waals surface area contributed by atoms with E-state index in [1.165, 1.54) is 24.8 Å². The molecule has 0 saturated heterocycles. The van der Waals surface area contributed by atoms with Crippen molar-refractivity contribution in [3.63, 3.8) is 0 Å². The lowest BCUT2D eigenvalue weighted by Gasteiger charge is -2.15. The molecule has 2 rings (SSSR count). The summed E-state index contributed by atoms with van der Waals surface area (Å²) in [6.07, 6.45) is 4.90. The summed E-state index contributed by atoms with van der Waals surface area (Å²) < 4.78 is 1.78. The highest BCUT2D eigenvalue weighted by Crippen LogP contribution is 2.49. The Labute approximate surface area is 109 Å². The van der Waals surface area contributed by atoms with Crippen LogP contribution in [0.1, 0.15) is 37.4 Å². The first-order valence-electron chi connectivity index (χ1n) is 6.47. The van der Waals surface area contributed by atoms with Gasteiger partial charge in [-0.2, -0.15) is 5.10 Å². The van der Waals surface area contributed by atoms with Crippen molar-refractivity contribution < 1.29 is 0 Å². The van der Waals surface area contributed by atoms with E-state index in [0.29, 0.717) is 5.41 Å². The van der Waals surface area contributed by atoms with E-state index in [9.17, 15) is 0 Å². The van der Waals surface area contributed by atoms with E-state index in [-0.39, 0.29) is 0 Å². The molecule has 1 aromatic rings. The molecule has 1 N–H and O–H groups in total. The highest BCUT2D eigenvalue weighted by Gasteiger charge is 2.43. The Hall–Kier alpha value is -0.540. The first-order chi connectivity index (χ1) is 8.08. The summed E-state index contributed by atoms with van der Waals surface area (Å²) in [6, 6.07) is 0. The fourth-order valence-corrected chi connectivity index (χ4v) is 2.61. The third-order valence-corrected chi connectivity index (χ3v) is 4.18. The summed E-state index contributed by atoms with van der Waals surface area (Å²) in [7, 11) is 1.91. The number of hydrogen-bond donors (Lipinski definition) is 1. The van der Waals surface area contributed by atoms with Gasteiger partial charge in [0, 0.05) is 19.2 Å². The average molecular weight is 256 g/mol. The molecule has 0 amide bonds. The zero-order valence-electron chi connectivity index (χ0n) is 11.0. The van der Waals surface area contributed by atoms with Gasteiger partial charge in [-0.1, -0.05) is 18.5 Å². The maximum atomic E-state index is 6.29. The lowest BCUT2D eigenvalue weighted by atomic mass is 9.97. The molecule has 1 fully saturated rings. The number of nitrogens with zero attached hydrogens (tertiary/aromatic N) is 2. The minimum Gasteiger partial charge on any atom is -0.316 e. The summed E-state index contributed by atoms with van der Waals surface area (Å²) in [4.78, 5) is 0. The van der Waals surface area contributed by atoms with Gasteiger partial charge in [-0.15, -0.1) is 0 Å². The SMILES string of the molecule is CCCNCC1(Cc2c(C)nn(C)c2Cl)CC1. The topological polar surface area (TPSA) is 29.9 Å². The molecule has 1 aliphatic carbocycles. The standard InChI is InChI=1S/C13H22ClN3/c1-4-7-15-9-13(5-6-13)8-11-10(2)16-17(3)12(11)14/h15H,4-9H2,1-3H3. The summed E-state index contributed by atoms with van der Waals surface area (Å²) in [5.74, 6) is 0. The van der Waals surface area contributed by atoms with Gasteiger partial charge in [0.15, 0.2) is 0 Å². The van der Waals surface area contributed by atoms with Gasteiger partial charge < -0.3 is 5.32 Å². The molecule has 0 spiro atoms. The highest BCUT2D eigenvalue weighted by atomic mass is 35.5. The Kier molecular flexibility index (Phi) is 3.79. The average Bonchev–Trinajstić information content (AvgIpc) is 3.00. The maximum Gasteiger partial charge on any atom is 0.130 e. The zero-order chi connectivity index (χ0) is 12.5. The molecule has 3 nitrogen and oxygen atoms in total.